The van der Waals surface area contributed by atoms with E-state index in [1.165, 1.54) is 31.2 Å². The molecule has 0 bridgehead atoms. The largest absolute Gasteiger partial charge is 0.460 e. The molecule has 0 spiro atoms. The van der Waals surface area contributed by atoms with Crippen molar-refractivity contribution in [3.63, 3.8) is 0 Å². The number of hydrogen-bond donors (Lipinski definition) is 1. The second-order valence-electron chi connectivity index (χ2n) is 5.71. The maximum Gasteiger partial charge on any atom is 0.432 e. The van der Waals surface area contributed by atoms with E-state index in [0.717, 1.165) is 19.2 Å². The molecule has 0 unspecified atom stereocenters. The van der Waals surface area contributed by atoms with Crippen molar-refractivity contribution in [3.05, 3.63) is 48.6 Å². The summed E-state index contributed by atoms with van der Waals surface area (Å²) < 4.78 is 50.3. The van der Waals surface area contributed by atoms with E-state index in [-0.39, 0.29) is 0 Å². The van der Waals surface area contributed by atoms with Crippen LogP contribution in [0.15, 0.2) is 43.0 Å². The molecule has 3 atom stereocenters. The first-order valence-corrected chi connectivity index (χ1v) is 7.22. The molecule has 0 aliphatic carbocycles. The van der Waals surface area contributed by atoms with Crippen molar-refractivity contribution in [2.75, 3.05) is 13.7 Å². The molecule has 0 aliphatic heterocycles. The minimum absolute atomic E-state index is 0.401. The van der Waals surface area contributed by atoms with Gasteiger partial charge in [-0.3, -0.25) is 0 Å². The normalized spacial score (nSPS) is 18.1. The van der Waals surface area contributed by atoms with Crippen LogP contribution in [0.5, 0.6) is 0 Å². The van der Waals surface area contributed by atoms with Crippen LogP contribution < -0.4 is 0 Å². The maximum absolute atomic E-state index is 13.7. The Morgan fingerprint density at radius 3 is 2.29 bits per heavy atom. The highest BCUT2D eigenvalue weighted by atomic mass is 19.4. The molecular formula is C17H21F3O4. The minimum atomic E-state index is -5.05. The number of carbonyl (C=O) groups is 1. The molecule has 7 heteroatoms. The van der Waals surface area contributed by atoms with Crippen molar-refractivity contribution in [2.24, 2.45) is 5.92 Å². The smallest absolute Gasteiger partial charge is 0.432 e. The van der Waals surface area contributed by atoms with Crippen molar-refractivity contribution in [3.8, 4) is 0 Å². The van der Waals surface area contributed by atoms with Gasteiger partial charge in [0.15, 0.2) is 0 Å². The Morgan fingerprint density at radius 1 is 1.33 bits per heavy atom. The summed E-state index contributed by atoms with van der Waals surface area (Å²) in [6.07, 6.45) is -3.63. The predicted octanol–water partition coefficient (Wildman–Crippen LogP) is 3.21. The van der Waals surface area contributed by atoms with Gasteiger partial charge < -0.3 is 14.6 Å². The van der Waals surface area contributed by atoms with E-state index in [0.29, 0.717) is 0 Å². The monoisotopic (exact) mass is 346 g/mol. The first-order chi connectivity index (χ1) is 11.0. The van der Waals surface area contributed by atoms with Gasteiger partial charge >= 0.3 is 12.1 Å². The first kappa shape index (κ1) is 20.2. The van der Waals surface area contributed by atoms with E-state index < -0.39 is 41.4 Å². The fourth-order valence-corrected chi connectivity index (χ4v) is 2.09. The third-order valence-electron chi connectivity index (χ3n) is 4.00. The van der Waals surface area contributed by atoms with E-state index in [1.54, 1.807) is 6.92 Å². The van der Waals surface area contributed by atoms with Gasteiger partial charge in [-0.15, -0.1) is 6.58 Å². The Balaban J connectivity index is 3.18. The molecule has 1 rings (SSSR count). The molecule has 134 valence electrons. The predicted molar refractivity (Wildman–Crippen MR) is 82.1 cm³/mol. The van der Waals surface area contributed by atoms with Gasteiger partial charge in [0, 0.05) is 18.6 Å². The van der Waals surface area contributed by atoms with Crippen molar-refractivity contribution in [1.29, 1.82) is 0 Å². The summed E-state index contributed by atoms with van der Waals surface area (Å²) in [5, 5.41) is 10.2. The molecule has 0 saturated carbocycles. The zero-order valence-corrected chi connectivity index (χ0v) is 13.8. The Morgan fingerprint density at radius 2 is 1.88 bits per heavy atom. The average Bonchev–Trinajstić information content (AvgIpc) is 2.53. The van der Waals surface area contributed by atoms with Crippen molar-refractivity contribution >= 4 is 5.97 Å². The zero-order chi connectivity index (χ0) is 18.6. The van der Waals surface area contributed by atoms with Crippen LogP contribution in [0, 0.1) is 5.92 Å². The number of ether oxygens (including phenoxy) is 2. The number of rotatable bonds is 7. The second kappa shape index (κ2) is 7.36. The molecule has 0 fully saturated rings. The van der Waals surface area contributed by atoms with E-state index >= 15 is 0 Å². The summed E-state index contributed by atoms with van der Waals surface area (Å²) in [6, 6.07) is 6.49. The van der Waals surface area contributed by atoms with Crippen LogP contribution in [-0.4, -0.2) is 36.6 Å². The van der Waals surface area contributed by atoms with Gasteiger partial charge in [-0.25, -0.2) is 4.79 Å². The lowest BCUT2D eigenvalue weighted by atomic mass is 9.91. The topological polar surface area (TPSA) is 55.8 Å². The summed E-state index contributed by atoms with van der Waals surface area (Å²) >= 11 is 0. The number of carbonyl (C=O) groups excluding carboxylic acids is 1. The molecule has 0 amide bonds. The molecule has 4 nitrogen and oxygen atoms in total. The fraction of sp³-hybridized carbons (Fsp3) is 0.471. The van der Waals surface area contributed by atoms with E-state index in [4.69, 9.17) is 4.74 Å². The lowest BCUT2D eigenvalue weighted by molar-refractivity contribution is -0.278. The molecule has 1 N–H and O–H groups in total. The third-order valence-corrected chi connectivity index (χ3v) is 4.00. The molecule has 0 saturated heterocycles. The lowest BCUT2D eigenvalue weighted by Crippen LogP contribution is -2.53. The minimum Gasteiger partial charge on any atom is -0.460 e. The van der Waals surface area contributed by atoms with E-state index in [1.807, 2.05) is 0 Å². The number of alkyl halides is 3. The van der Waals surface area contributed by atoms with Gasteiger partial charge in [0.1, 0.15) is 12.2 Å². The number of benzene rings is 1. The van der Waals surface area contributed by atoms with Gasteiger partial charge in [-0.05, 0) is 6.92 Å². The highest BCUT2D eigenvalue weighted by Crippen LogP contribution is 2.43. The van der Waals surface area contributed by atoms with Crippen LogP contribution >= 0.6 is 0 Å². The highest BCUT2D eigenvalue weighted by molar-refractivity contribution is 5.82. The highest BCUT2D eigenvalue weighted by Gasteiger charge is 2.64. The van der Waals surface area contributed by atoms with Gasteiger partial charge in [0.25, 0.3) is 5.60 Å². The zero-order valence-electron chi connectivity index (χ0n) is 13.8. The number of methoxy groups -OCH3 is 1. The van der Waals surface area contributed by atoms with Crippen LogP contribution in [0.3, 0.4) is 0 Å². The molecule has 0 aliphatic rings. The number of esters is 1. The Kier molecular flexibility index (Phi) is 6.19. The second-order valence-corrected chi connectivity index (χ2v) is 5.71. The number of aliphatic hydroxyl groups is 1. The summed E-state index contributed by atoms with van der Waals surface area (Å²) in [6.45, 7) is 5.82. The average molecular weight is 346 g/mol. The molecule has 1 aromatic rings. The Labute approximate surface area is 138 Å². The Hall–Kier alpha value is -1.86. The maximum atomic E-state index is 13.7. The molecule has 0 heterocycles. The Bertz CT molecular complexity index is 569. The standard InChI is InChI=1S/C17H21F3O4/c1-5-12(2)15(3,22)11-24-14(21)16(23-4,17(18,19)20)13-9-7-6-8-10-13/h5-10,12,22H,1,11H2,2-4H3/t12-,15-,16-/m1/s1. The van der Waals surface area contributed by atoms with Gasteiger partial charge in [0.05, 0.1) is 0 Å². The van der Waals surface area contributed by atoms with Crippen LogP contribution in [0.4, 0.5) is 13.2 Å². The molecule has 0 aromatic heterocycles. The summed E-state index contributed by atoms with van der Waals surface area (Å²) in [5.41, 5.74) is -5.22. The quantitative estimate of drug-likeness (QED) is 0.608. The summed E-state index contributed by atoms with van der Waals surface area (Å²) in [4.78, 5) is 12.3. The number of halogens is 3. The summed E-state index contributed by atoms with van der Waals surface area (Å²) in [5.74, 6) is -2.13. The SMILES string of the molecule is C=C[C@@H](C)[C@](C)(O)COC(=O)[C@](OC)(c1ccccc1)C(F)(F)F. The van der Waals surface area contributed by atoms with Crippen LogP contribution in [0.25, 0.3) is 0 Å². The third kappa shape index (κ3) is 3.79. The van der Waals surface area contributed by atoms with E-state index in [9.17, 15) is 23.1 Å². The first-order valence-electron chi connectivity index (χ1n) is 7.22. The van der Waals surface area contributed by atoms with Gasteiger partial charge in [-0.2, -0.15) is 13.2 Å². The van der Waals surface area contributed by atoms with Crippen molar-refractivity contribution in [2.45, 2.75) is 31.2 Å². The van der Waals surface area contributed by atoms with E-state index in [2.05, 4.69) is 11.3 Å². The fourth-order valence-electron chi connectivity index (χ4n) is 2.09. The molecule has 1 aromatic carbocycles. The van der Waals surface area contributed by atoms with Gasteiger partial charge in [-0.1, -0.05) is 43.3 Å². The molecular weight excluding hydrogens is 325 g/mol. The lowest BCUT2D eigenvalue weighted by Gasteiger charge is -2.34. The van der Waals surface area contributed by atoms with Crippen molar-refractivity contribution in [1.82, 2.24) is 0 Å². The number of hydrogen-bond acceptors (Lipinski definition) is 4. The van der Waals surface area contributed by atoms with Crippen LogP contribution in [0.2, 0.25) is 0 Å². The molecule has 24 heavy (non-hydrogen) atoms. The molecule has 0 radical (unpaired) electrons. The van der Waals surface area contributed by atoms with Gasteiger partial charge in [0.2, 0.25) is 0 Å². The summed E-state index contributed by atoms with van der Waals surface area (Å²) in [7, 11) is 0.784. The van der Waals surface area contributed by atoms with Crippen molar-refractivity contribution < 1.29 is 32.5 Å². The van der Waals surface area contributed by atoms with Crippen LogP contribution in [0.1, 0.15) is 19.4 Å². The van der Waals surface area contributed by atoms with Crippen LogP contribution in [-0.2, 0) is 19.9 Å².